The van der Waals surface area contributed by atoms with Crippen LogP contribution < -0.4 is 5.32 Å². The molecule has 0 spiro atoms. The van der Waals surface area contributed by atoms with E-state index in [1.54, 1.807) is 12.1 Å². The van der Waals surface area contributed by atoms with Crippen LogP contribution in [-0.2, 0) is 0 Å². The van der Waals surface area contributed by atoms with Crippen molar-refractivity contribution >= 4 is 39.7 Å². The van der Waals surface area contributed by atoms with E-state index in [0.717, 1.165) is 11.4 Å². The molecule has 0 aliphatic heterocycles. The van der Waals surface area contributed by atoms with Crippen molar-refractivity contribution in [3.63, 3.8) is 0 Å². The van der Waals surface area contributed by atoms with Gasteiger partial charge in [-0.1, -0.05) is 12.1 Å². The Morgan fingerprint density at radius 2 is 1.95 bits per heavy atom. The summed E-state index contributed by atoms with van der Waals surface area (Å²) in [4.78, 5) is 10.4. The summed E-state index contributed by atoms with van der Waals surface area (Å²) < 4.78 is 0.623. The van der Waals surface area contributed by atoms with E-state index in [2.05, 4.69) is 18.3 Å². The van der Waals surface area contributed by atoms with Gasteiger partial charge in [-0.05, 0) is 65.8 Å². The smallest absolute Gasteiger partial charge is 0.282 e. The summed E-state index contributed by atoms with van der Waals surface area (Å²) in [6, 6.07) is 11.1. The van der Waals surface area contributed by atoms with E-state index >= 15 is 0 Å². The Bertz CT molecular complexity index is 641. The molecule has 2 aromatic rings. The average molecular weight is 368 g/mol. The second-order valence-electron chi connectivity index (χ2n) is 4.30. The number of anilines is 2. The maximum atomic E-state index is 10.8. The highest BCUT2D eigenvalue weighted by Gasteiger charge is 2.11. The normalized spacial score (nSPS) is 10.3. The van der Waals surface area contributed by atoms with Crippen molar-refractivity contribution in [2.24, 2.45) is 0 Å². The summed E-state index contributed by atoms with van der Waals surface area (Å²) in [5.74, 6) is 0. The van der Waals surface area contributed by atoms with Crippen LogP contribution in [0.2, 0.25) is 0 Å². The number of halogens is 1. The lowest BCUT2D eigenvalue weighted by molar-refractivity contribution is -0.385. The summed E-state index contributed by atoms with van der Waals surface area (Å²) in [5.41, 5.74) is 4.39. The van der Waals surface area contributed by atoms with Crippen LogP contribution in [0.3, 0.4) is 0 Å². The van der Waals surface area contributed by atoms with Crippen LogP contribution in [0.4, 0.5) is 17.1 Å². The van der Waals surface area contributed by atoms with Gasteiger partial charge in [0.2, 0.25) is 0 Å². The molecule has 1 N–H and O–H groups in total. The molecule has 0 radical (unpaired) electrons. The zero-order valence-electron chi connectivity index (χ0n) is 10.6. The van der Waals surface area contributed by atoms with E-state index in [1.807, 2.05) is 41.6 Å². The molecule has 0 amide bonds. The Kier molecular flexibility index (Phi) is 4.04. The third-order valence-electron chi connectivity index (χ3n) is 3.03. The van der Waals surface area contributed by atoms with Gasteiger partial charge < -0.3 is 5.32 Å². The molecule has 0 unspecified atom stereocenters. The number of hydrogen-bond acceptors (Lipinski definition) is 3. The lowest BCUT2D eigenvalue weighted by atomic mass is 10.1. The van der Waals surface area contributed by atoms with Crippen LogP contribution in [0.1, 0.15) is 11.1 Å². The fourth-order valence-electron chi connectivity index (χ4n) is 1.77. The van der Waals surface area contributed by atoms with Crippen molar-refractivity contribution in [1.29, 1.82) is 0 Å². The predicted molar refractivity (Wildman–Crippen MR) is 85.0 cm³/mol. The zero-order chi connectivity index (χ0) is 14.0. The standard InChI is InChI=1S/C14H13IN2O2/c1-9-4-3-5-13(10(9)2)16-11-6-7-14(17(18)19)12(15)8-11/h3-8,16H,1-2H3. The van der Waals surface area contributed by atoms with Crippen molar-refractivity contribution in [3.05, 3.63) is 61.2 Å². The Morgan fingerprint density at radius 3 is 2.58 bits per heavy atom. The topological polar surface area (TPSA) is 55.2 Å². The van der Waals surface area contributed by atoms with Crippen molar-refractivity contribution in [1.82, 2.24) is 0 Å². The fraction of sp³-hybridized carbons (Fsp3) is 0.143. The Morgan fingerprint density at radius 1 is 1.21 bits per heavy atom. The highest BCUT2D eigenvalue weighted by molar-refractivity contribution is 14.1. The van der Waals surface area contributed by atoms with Crippen LogP contribution in [0.15, 0.2) is 36.4 Å². The van der Waals surface area contributed by atoms with Crippen molar-refractivity contribution in [2.45, 2.75) is 13.8 Å². The van der Waals surface area contributed by atoms with Crippen LogP contribution >= 0.6 is 22.6 Å². The third-order valence-corrected chi connectivity index (χ3v) is 3.89. The van der Waals surface area contributed by atoms with E-state index in [0.29, 0.717) is 3.57 Å². The maximum Gasteiger partial charge on any atom is 0.282 e. The second-order valence-corrected chi connectivity index (χ2v) is 5.46. The first-order valence-corrected chi connectivity index (χ1v) is 6.84. The van der Waals surface area contributed by atoms with E-state index in [9.17, 15) is 10.1 Å². The molecular formula is C14H13IN2O2. The first-order valence-electron chi connectivity index (χ1n) is 5.76. The second kappa shape index (κ2) is 5.56. The largest absolute Gasteiger partial charge is 0.355 e. The molecule has 0 atom stereocenters. The van der Waals surface area contributed by atoms with Gasteiger partial charge in [-0.2, -0.15) is 0 Å². The van der Waals surface area contributed by atoms with Crippen LogP contribution in [0, 0.1) is 27.5 Å². The van der Waals surface area contributed by atoms with E-state index in [4.69, 9.17) is 0 Å². The van der Waals surface area contributed by atoms with Gasteiger partial charge in [-0.3, -0.25) is 10.1 Å². The molecule has 0 aromatic heterocycles. The lowest BCUT2D eigenvalue weighted by Crippen LogP contribution is -1.97. The monoisotopic (exact) mass is 368 g/mol. The number of nitrogens with zero attached hydrogens (tertiary/aromatic N) is 1. The SMILES string of the molecule is Cc1cccc(Nc2ccc([N+](=O)[O-])c(I)c2)c1C. The minimum atomic E-state index is -0.372. The molecule has 19 heavy (non-hydrogen) atoms. The van der Waals surface area contributed by atoms with Gasteiger partial charge >= 0.3 is 0 Å². The van der Waals surface area contributed by atoms with Gasteiger partial charge in [-0.15, -0.1) is 0 Å². The Labute approximate surface area is 125 Å². The van der Waals surface area contributed by atoms with Gasteiger partial charge in [0.25, 0.3) is 5.69 Å². The number of benzene rings is 2. The van der Waals surface area contributed by atoms with E-state index in [-0.39, 0.29) is 10.6 Å². The van der Waals surface area contributed by atoms with E-state index < -0.39 is 0 Å². The lowest BCUT2D eigenvalue weighted by Gasteiger charge is -2.11. The molecule has 0 fully saturated rings. The summed E-state index contributed by atoms with van der Waals surface area (Å²) in [6.45, 7) is 4.11. The molecule has 0 aliphatic rings. The van der Waals surface area contributed by atoms with Gasteiger partial charge in [-0.25, -0.2) is 0 Å². The number of nitrogens with one attached hydrogen (secondary N) is 1. The number of rotatable bonds is 3. The Balaban J connectivity index is 2.32. The molecular weight excluding hydrogens is 355 g/mol. The summed E-state index contributed by atoms with van der Waals surface area (Å²) >= 11 is 1.98. The number of aryl methyl sites for hydroxylation is 1. The van der Waals surface area contributed by atoms with Gasteiger partial charge in [0.15, 0.2) is 0 Å². The zero-order valence-corrected chi connectivity index (χ0v) is 12.8. The molecule has 5 heteroatoms. The first-order chi connectivity index (χ1) is 8.99. The quantitative estimate of drug-likeness (QED) is 0.491. The Hall–Kier alpha value is -1.63. The number of nitro groups is 1. The van der Waals surface area contributed by atoms with Crippen LogP contribution in [-0.4, -0.2) is 4.92 Å². The predicted octanol–water partition coefficient (Wildman–Crippen LogP) is 4.56. The van der Waals surface area contributed by atoms with Crippen LogP contribution in [0.5, 0.6) is 0 Å². The van der Waals surface area contributed by atoms with Gasteiger partial charge in [0.1, 0.15) is 0 Å². The molecule has 0 saturated heterocycles. The molecule has 0 heterocycles. The van der Waals surface area contributed by atoms with Crippen molar-refractivity contribution in [2.75, 3.05) is 5.32 Å². The number of hydrogen-bond donors (Lipinski definition) is 1. The molecule has 98 valence electrons. The first kappa shape index (κ1) is 13.8. The minimum Gasteiger partial charge on any atom is -0.355 e. The van der Waals surface area contributed by atoms with E-state index in [1.165, 1.54) is 17.2 Å². The molecule has 0 bridgehead atoms. The molecule has 0 saturated carbocycles. The third kappa shape index (κ3) is 3.04. The number of nitro benzene ring substituents is 1. The molecule has 0 aliphatic carbocycles. The van der Waals surface area contributed by atoms with Gasteiger partial charge in [0.05, 0.1) is 8.49 Å². The minimum absolute atomic E-state index is 0.132. The molecule has 2 aromatic carbocycles. The van der Waals surface area contributed by atoms with Crippen molar-refractivity contribution < 1.29 is 4.92 Å². The summed E-state index contributed by atoms with van der Waals surface area (Å²) in [6.07, 6.45) is 0. The molecule has 4 nitrogen and oxygen atoms in total. The highest BCUT2D eigenvalue weighted by atomic mass is 127. The van der Waals surface area contributed by atoms with Crippen LogP contribution in [0.25, 0.3) is 0 Å². The van der Waals surface area contributed by atoms with Gasteiger partial charge in [0, 0.05) is 17.4 Å². The van der Waals surface area contributed by atoms with Crippen molar-refractivity contribution in [3.8, 4) is 0 Å². The maximum absolute atomic E-state index is 10.8. The molecule has 2 rings (SSSR count). The highest BCUT2D eigenvalue weighted by Crippen LogP contribution is 2.27. The average Bonchev–Trinajstić information content (AvgIpc) is 2.34. The summed E-state index contributed by atoms with van der Waals surface area (Å²) in [5, 5.41) is 14.1. The fourth-order valence-corrected chi connectivity index (χ4v) is 2.49. The summed E-state index contributed by atoms with van der Waals surface area (Å²) in [7, 11) is 0.